The lowest BCUT2D eigenvalue weighted by Crippen LogP contribution is -2.21. The van der Waals surface area contributed by atoms with Crippen LogP contribution in [0.15, 0.2) is 0 Å². The Morgan fingerprint density at radius 2 is 2.45 bits per heavy atom. The molecule has 0 aromatic rings. The van der Waals surface area contributed by atoms with Gasteiger partial charge in [0.1, 0.15) is 6.17 Å². The number of unbranched alkanes of at least 4 members (excludes halogenated alkanes) is 1. The Bertz CT molecular complexity index is 153. The van der Waals surface area contributed by atoms with Crippen molar-refractivity contribution < 1.29 is 4.39 Å². The molecule has 1 aliphatic heterocycles. The summed E-state index contributed by atoms with van der Waals surface area (Å²) < 4.78 is 12.6. The summed E-state index contributed by atoms with van der Waals surface area (Å²) in [4.78, 5) is 2.09. The van der Waals surface area contributed by atoms with Crippen molar-refractivity contribution in [3.05, 3.63) is 0 Å². The fourth-order valence-electron chi connectivity index (χ4n) is 1.37. The summed E-state index contributed by atoms with van der Waals surface area (Å²) in [5.74, 6) is 0. The van der Waals surface area contributed by atoms with Gasteiger partial charge in [0, 0.05) is 19.5 Å². The molecular weight excluding hydrogens is 143 g/mol. The summed E-state index contributed by atoms with van der Waals surface area (Å²) in [6.45, 7) is 2.33. The van der Waals surface area contributed by atoms with Crippen LogP contribution >= 0.6 is 0 Å². The van der Waals surface area contributed by atoms with Gasteiger partial charge in [0.25, 0.3) is 0 Å². The summed E-state index contributed by atoms with van der Waals surface area (Å²) in [6.07, 6.45) is 1.51. The van der Waals surface area contributed by atoms with Crippen molar-refractivity contribution in [3.8, 4) is 6.07 Å². The SMILES string of the molecule is N#CCCCN1CC[C@@H](F)C1. The maximum Gasteiger partial charge on any atom is 0.114 e. The van der Waals surface area contributed by atoms with Gasteiger partial charge in [0.15, 0.2) is 0 Å². The highest BCUT2D eigenvalue weighted by Crippen LogP contribution is 2.12. The molecule has 0 bridgehead atoms. The van der Waals surface area contributed by atoms with Crippen molar-refractivity contribution in [2.75, 3.05) is 19.6 Å². The molecule has 0 spiro atoms. The van der Waals surface area contributed by atoms with Gasteiger partial charge in [-0.05, 0) is 19.4 Å². The second-order valence-electron chi connectivity index (χ2n) is 2.95. The van der Waals surface area contributed by atoms with E-state index >= 15 is 0 Å². The topological polar surface area (TPSA) is 27.0 Å². The molecule has 0 radical (unpaired) electrons. The standard InChI is InChI=1S/C8H13FN2/c9-8-3-6-11(7-8)5-2-1-4-10/h8H,1-3,5-7H2/t8-/m1/s1. The molecule has 0 aliphatic carbocycles. The van der Waals surface area contributed by atoms with Crippen molar-refractivity contribution in [2.24, 2.45) is 0 Å². The zero-order valence-corrected chi connectivity index (χ0v) is 6.59. The summed E-state index contributed by atoms with van der Waals surface area (Å²) >= 11 is 0. The molecular formula is C8H13FN2. The van der Waals surface area contributed by atoms with Crippen LogP contribution < -0.4 is 0 Å². The highest BCUT2D eigenvalue weighted by atomic mass is 19.1. The molecule has 1 atom stereocenters. The zero-order valence-electron chi connectivity index (χ0n) is 6.59. The molecule has 2 nitrogen and oxygen atoms in total. The van der Waals surface area contributed by atoms with Crippen LogP contribution in [0.4, 0.5) is 4.39 Å². The van der Waals surface area contributed by atoms with Crippen LogP contribution in [0.2, 0.25) is 0 Å². The average molecular weight is 156 g/mol. The number of likely N-dealkylation sites (tertiary alicyclic amines) is 1. The van der Waals surface area contributed by atoms with Gasteiger partial charge >= 0.3 is 0 Å². The first-order chi connectivity index (χ1) is 5.33. The first-order valence-electron chi connectivity index (χ1n) is 4.06. The Balaban J connectivity index is 2.05. The number of hydrogen-bond acceptors (Lipinski definition) is 2. The number of halogens is 1. The Morgan fingerprint density at radius 3 is 3.00 bits per heavy atom. The van der Waals surface area contributed by atoms with Crippen LogP contribution in [-0.2, 0) is 0 Å². The van der Waals surface area contributed by atoms with Crippen molar-refractivity contribution in [2.45, 2.75) is 25.4 Å². The van der Waals surface area contributed by atoms with Gasteiger partial charge in [0.2, 0.25) is 0 Å². The van der Waals surface area contributed by atoms with Crippen molar-refractivity contribution in [1.29, 1.82) is 5.26 Å². The Morgan fingerprint density at radius 1 is 1.64 bits per heavy atom. The van der Waals surface area contributed by atoms with Crippen LogP contribution in [0, 0.1) is 11.3 Å². The molecule has 1 saturated heterocycles. The van der Waals surface area contributed by atoms with Gasteiger partial charge in [-0.3, -0.25) is 0 Å². The number of rotatable bonds is 3. The largest absolute Gasteiger partial charge is 0.300 e. The number of nitriles is 1. The molecule has 0 unspecified atom stereocenters. The monoisotopic (exact) mass is 156 g/mol. The fourth-order valence-corrected chi connectivity index (χ4v) is 1.37. The predicted molar refractivity (Wildman–Crippen MR) is 40.8 cm³/mol. The van der Waals surface area contributed by atoms with Gasteiger partial charge in [-0.2, -0.15) is 5.26 Å². The van der Waals surface area contributed by atoms with E-state index in [-0.39, 0.29) is 0 Å². The molecule has 1 heterocycles. The number of hydrogen-bond donors (Lipinski definition) is 0. The molecule has 62 valence electrons. The van der Waals surface area contributed by atoms with Gasteiger partial charge in [-0.15, -0.1) is 0 Å². The average Bonchev–Trinajstić information content (AvgIpc) is 2.37. The number of alkyl halides is 1. The third kappa shape index (κ3) is 2.85. The molecule has 1 rings (SSSR count). The smallest absolute Gasteiger partial charge is 0.114 e. The third-order valence-electron chi connectivity index (χ3n) is 1.98. The molecule has 0 amide bonds. The zero-order chi connectivity index (χ0) is 8.10. The predicted octanol–water partition coefficient (Wildman–Crippen LogP) is 1.33. The molecule has 0 saturated carbocycles. The van der Waals surface area contributed by atoms with Gasteiger partial charge < -0.3 is 4.90 Å². The summed E-state index contributed by atoms with van der Waals surface area (Å²) in [7, 11) is 0. The minimum atomic E-state index is -0.628. The minimum absolute atomic E-state index is 0.575. The van der Waals surface area contributed by atoms with Gasteiger partial charge in [-0.1, -0.05) is 0 Å². The summed E-state index contributed by atoms with van der Waals surface area (Å²) in [5, 5.41) is 8.25. The van der Waals surface area contributed by atoms with Crippen LogP contribution in [0.5, 0.6) is 0 Å². The van der Waals surface area contributed by atoms with E-state index in [0.717, 1.165) is 19.5 Å². The molecule has 1 fully saturated rings. The summed E-state index contributed by atoms with van der Waals surface area (Å²) in [6, 6.07) is 2.08. The van der Waals surface area contributed by atoms with Crippen LogP contribution in [0.3, 0.4) is 0 Å². The lowest BCUT2D eigenvalue weighted by Gasteiger charge is -2.12. The highest BCUT2D eigenvalue weighted by molar-refractivity contribution is 4.76. The maximum atomic E-state index is 12.6. The van der Waals surface area contributed by atoms with E-state index in [1.807, 2.05) is 0 Å². The summed E-state index contributed by atoms with van der Waals surface area (Å²) in [5.41, 5.74) is 0. The quantitative estimate of drug-likeness (QED) is 0.576. The minimum Gasteiger partial charge on any atom is -0.300 e. The second kappa shape index (κ2) is 4.30. The lowest BCUT2D eigenvalue weighted by molar-refractivity contribution is 0.286. The fraction of sp³-hybridized carbons (Fsp3) is 0.875. The second-order valence-corrected chi connectivity index (χ2v) is 2.95. The van der Waals surface area contributed by atoms with Gasteiger partial charge in [0.05, 0.1) is 6.07 Å². The molecule has 1 aliphatic rings. The van der Waals surface area contributed by atoms with Crippen LogP contribution in [0.1, 0.15) is 19.3 Å². The van der Waals surface area contributed by atoms with E-state index in [9.17, 15) is 4.39 Å². The maximum absolute atomic E-state index is 12.6. The molecule has 0 aromatic heterocycles. The normalized spacial score (nSPS) is 25.3. The van der Waals surface area contributed by atoms with Crippen molar-refractivity contribution in [3.63, 3.8) is 0 Å². The van der Waals surface area contributed by atoms with Crippen LogP contribution in [-0.4, -0.2) is 30.7 Å². The Kier molecular flexibility index (Phi) is 3.31. The number of nitrogens with zero attached hydrogens (tertiary/aromatic N) is 2. The van der Waals surface area contributed by atoms with E-state index in [2.05, 4.69) is 11.0 Å². The van der Waals surface area contributed by atoms with Crippen molar-refractivity contribution in [1.82, 2.24) is 4.90 Å². The van der Waals surface area contributed by atoms with Crippen molar-refractivity contribution >= 4 is 0 Å². The molecule has 0 aromatic carbocycles. The molecule has 0 N–H and O–H groups in total. The van der Waals surface area contributed by atoms with E-state index < -0.39 is 6.17 Å². The Hall–Kier alpha value is -0.620. The van der Waals surface area contributed by atoms with E-state index in [1.54, 1.807) is 0 Å². The first-order valence-corrected chi connectivity index (χ1v) is 4.06. The third-order valence-corrected chi connectivity index (χ3v) is 1.98. The van der Waals surface area contributed by atoms with E-state index in [1.165, 1.54) is 0 Å². The van der Waals surface area contributed by atoms with E-state index in [0.29, 0.717) is 19.4 Å². The molecule has 3 heteroatoms. The highest BCUT2D eigenvalue weighted by Gasteiger charge is 2.20. The first kappa shape index (κ1) is 8.48. The lowest BCUT2D eigenvalue weighted by atomic mass is 10.3. The van der Waals surface area contributed by atoms with Crippen LogP contribution in [0.25, 0.3) is 0 Å². The van der Waals surface area contributed by atoms with E-state index in [4.69, 9.17) is 5.26 Å². The van der Waals surface area contributed by atoms with Gasteiger partial charge in [-0.25, -0.2) is 4.39 Å². The molecule has 11 heavy (non-hydrogen) atoms. The Labute approximate surface area is 66.6 Å².